The molecule has 0 spiro atoms. The number of hydrogen-bond acceptors (Lipinski definition) is 11. The molecule has 0 aliphatic carbocycles. The highest BCUT2D eigenvalue weighted by atomic mass is 16.6. The Morgan fingerprint density at radius 1 is 1.10 bits per heavy atom. The lowest BCUT2D eigenvalue weighted by Crippen LogP contribution is -2.36. The van der Waals surface area contributed by atoms with Gasteiger partial charge in [0.1, 0.15) is 31.0 Å². The van der Waals surface area contributed by atoms with E-state index in [4.69, 9.17) is 18.9 Å². The minimum absolute atomic E-state index is 0.0591. The number of nitrogens with one attached hydrogen (secondary N) is 1. The topological polar surface area (TPSA) is 159 Å². The van der Waals surface area contributed by atoms with E-state index in [2.05, 4.69) is 10.3 Å². The zero-order valence-corrected chi connectivity index (χ0v) is 23.3. The van der Waals surface area contributed by atoms with Crippen molar-refractivity contribution >= 4 is 23.3 Å². The standard InChI is InChI=1S/C29H35N3O9/c1-19-25(28(34)38-3)27(21-8-7-9-22(16-21)32(36)37)26(20(2)31-19)29(35)40-15-14-39-13-12-30-17-23(33)18-41-24-10-5-4-6-11-24/h4-11,16,23,25,27,30,33H,12-15,17-18H2,1-3H3. The second-order valence-corrected chi connectivity index (χ2v) is 9.31. The summed E-state index contributed by atoms with van der Waals surface area (Å²) in [5.74, 6) is -2.47. The van der Waals surface area contributed by atoms with E-state index < -0.39 is 34.8 Å². The zero-order valence-electron chi connectivity index (χ0n) is 23.3. The summed E-state index contributed by atoms with van der Waals surface area (Å²) >= 11 is 0. The first-order valence-electron chi connectivity index (χ1n) is 13.1. The van der Waals surface area contributed by atoms with Crippen LogP contribution in [0, 0.1) is 16.0 Å². The number of hydrogen-bond donors (Lipinski definition) is 2. The molecule has 0 bridgehead atoms. The van der Waals surface area contributed by atoms with Gasteiger partial charge in [-0.05, 0) is 31.5 Å². The minimum Gasteiger partial charge on any atom is -0.491 e. The minimum atomic E-state index is -0.955. The number of carbonyl (C=O) groups is 2. The van der Waals surface area contributed by atoms with Crippen LogP contribution in [0.15, 0.2) is 70.9 Å². The number of aliphatic imine (C=N–C) groups is 1. The van der Waals surface area contributed by atoms with Crippen LogP contribution in [0.2, 0.25) is 0 Å². The quantitative estimate of drug-likeness (QED) is 0.141. The number of non-ortho nitro benzene ring substituents is 1. The number of ether oxygens (including phenoxy) is 4. The van der Waals surface area contributed by atoms with Crippen molar-refractivity contribution in [3.63, 3.8) is 0 Å². The Morgan fingerprint density at radius 2 is 1.85 bits per heavy atom. The molecule has 2 aromatic carbocycles. The lowest BCUT2D eigenvalue weighted by atomic mass is 9.75. The molecule has 12 heteroatoms. The van der Waals surface area contributed by atoms with E-state index in [1.54, 1.807) is 19.9 Å². The van der Waals surface area contributed by atoms with E-state index in [1.165, 1.54) is 25.3 Å². The Labute approximate surface area is 238 Å². The highest BCUT2D eigenvalue weighted by Gasteiger charge is 2.42. The first kappa shape index (κ1) is 31.4. The Morgan fingerprint density at radius 3 is 2.56 bits per heavy atom. The van der Waals surface area contributed by atoms with Gasteiger partial charge in [-0.1, -0.05) is 30.3 Å². The largest absolute Gasteiger partial charge is 0.491 e. The Kier molecular flexibility index (Phi) is 11.9. The molecule has 0 amide bonds. The van der Waals surface area contributed by atoms with Gasteiger partial charge in [0, 0.05) is 42.5 Å². The van der Waals surface area contributed by atoms with Gasteiger partial charge in [0.25, 0.3) is 5.69 Å². The Balaban J connectivity index is 1.51. The van der Waals surface area contributed by atoms with Crippen molar-refractivity contribution in [1.29, 1.82) is 0 Å². The smallest absolute Gasteiger partial charge is 0.336 e. The van der Waals surface area contributed by atoms with Gasteiger partial charge in [-0.2, -0.15) is 0 Å². The molecule has 0 saturated carbocycles. The number of carbonyl (C=O) groups excluding carboxylic acids is 2. The number of aliphatic hydroxyl groups excluding tert-OH is 1. The molecule has 12 nitrogen and oxygen atoms in total. The van der Waals surface area contributed by atoms with Crippen molar-refractivity contribution in [3.8, 4) is 5.75 Å². The number of methoxy groups -OCH3 is 1. The van der Waals surface area contributed by atoms with Gasteiger partial charge in [0.05, 0.1) is 30.8 Å². The monoisotopic (exact) mass is 569 g/mol. The molecule has 41 heavy (non-hydrogen) atoms. The normalized spacial score (nSPS) is 17.4. The molecular weight excluding hydrogens is 534 g/mol. The van der Waals surface area contributed by atoms with E-state index in [9.17, 15) is 24.8 Å². The van der Waals surface area contributed by atoms with E-state index in [0.29, 0.717) is 42.4 Å². The van der Waals surface area contributed by atoms with Crippen LogP contribution in [0.3, 0.4) is 0 Å². The van der Waals surface area contributed by atoms with Gasteiger partial charge in [0.2, 0.25) is 0 Å². The molecule has 2 N–H and O–H groups in total. The van der Waals surface area contributed by atoms with Crippen LogP contribution >= 0.6 is 0 Å². The molecule has 0 radical (unpaired) electrons. The summed E-state index contributed by atoms with van der Waals surface area (Å²) in [5.41, 5.74) is 1.13. The third kappa shape index (κ3) is 8.93. The molecule has 0 saturated heterocycles. The molecule has 3 atom stereocenters. The van der Waals surface area contributed by atoms with Crippen LogP contribution in [-0.4, -0.2) is 80.4 Å². The number of nitro benzene ring substituents is 1. The van der Waals surface area contributed by atoms with Gasteiger partial charge in [0.15, 0.2) is 0 Å². The summed E-state index contributed by atoms with van der Waals surface area (Å²) in [6.07, 6.45) is -0.692. The summed E-state index contributed by atoms with van der Waals surface area (Å²) < 4.78 is 21.4. The molecule has 220 valence electrons. The molecule has 1 heterocycles. The molecule has 1 aliphatic heterocycles. The maximum absolute atomic E-state index is 13.2. The fourth-order valence-corrected chi connectivity index (χ4v) is 4.48. The van der Waals surface area contributed by atoms with Crippen molar-refractivity contribution in [3.05, 3.63) is 81.5 Å². The predicted octanol–water partition coefficient (Wildman–Crippen LogP) is 2.81. The number of para-hydroxylation sites is 1. The van der Waals surface area contributed by atoms with E-state index >= 15 is 0 Å². The lowest BCUT2D eigenvalue weighted by molar-refractivity contribution is -0.384. The van der Waals surface area contributed by atoms with E-state index in [0.717, 1.165) is 0 Å². The van der Waals surface area contributed by atoms with E-state index in [-0.39, 0.29) is 31.1 Å². The first-order chi connectivity index (χ1) is 19.7. The summed E-state index contributed by atoms with van der Waals surface area (Å²) in [4.78, 5) is 41.2. The number of aliphatic hydroxyl groups is 1. The van der Waals surface area contributed by atoms with Crippen LogP contribution in [0.4, 0.5) is 5.69 Å². The van der Waals surface area contributed by atoms with Crippen LogP contribution in [0.5, 0.6) is 5.75 Å². The summed E-state index contributed by atoms with van der Waals surface area (Å²) in [6.45, 7) is 4.58. The number of esters is 2. The number of allylic oxidation sites excluding steroid dienone is 1. The van der Waals surface area contributed by atoms with Crippen LogP contribution in [0.25, 0.3) is 0 Å². The summed E-state index contributed by atoms with van der Waals surface area (Å²) in [6, 6.07) is 15.0. The maximum atomic E-state index is 13.2. The Bertz CT molecular complexity index is 1260. The third-order valence-electron chi connectivity index (χ3n) is 6.39. The van der Waals surface area contributed by atoms with Gasteiger partial charge in [-0.25, -0.2) is 4.79 Å². The lowest BCUT2D eigenvalue weighted by Gasteiger charge is -2.31. The fraction of sp³-hybridized carbons (Fsp3) is 0.414. The van der Waals surface area contributed by atoms with Crippen molar-refractivity contribution in [1.82, 2.24) is 5.32 Å². The molecule has 1 aliphatic rings. The van der Waals surface area contributed by atoms with Crippen molar-refractivity contribution in [2.75, 3.05) is 46.6 Å². The average Bonchev–Trinajstić information content (AvgIpc) is 2.97. The van der Waals surface area contributed by atoms with Crippen molar-refractivity contribution in [2.24, 2.45) is 10.9 Å². The molecule has 0 fully saturated rings. The maximum Gasteiger partial charge on any atom is 0.336 e. The highest BCUT2D eigenvalue weighted by Crippen LogP contribution is 2.40. The van der Waals surface area contributed by atoms with Crippen LogP contribution in [0.1, 0.15) is 25.3 Å². The third-order valence-corrected chi connectivity index (χ3v) is 6.39. The number of nitro groups is 1. The molecule has 2 aromatic rings. The summed E-state index contributed by atoms with van der Waals surface area (Å²) in [7, 11) is 1.23. The van der Waals surface area contributed by atoms with Gasteiger partial charge in [-0.3, -0.25) is 19.9 Å². The average molecular weight is 570 g/mol. The Hall–Kier alpha value is -4.13. The number of benzene rings is 2. The zero-order chi connectivity index (χ0) is 29.8. The number of nitrogens with zero attached hydrogens (tertiary/aromatic N) is 2. The second kappa shape index (κ2) is 15.6. The van der Waals surface area contributed by atoms with Gasteiger partial charge < -0.3 is 29.4 Å². The summed E-state index contributed by atoms with van der Waals surface area (Å²) in [5, 5.41) is 24.5. The van der Waals surface area contributed by atoms with Crippen molar-refractivity contribution < 1.29 is 38.6 Å². The first-order valence-corrected chi connectivity index (χ1v) is 13.1. The van der Waals surface area contributed by atoms with E-state index in [1.807, 2.05) is 30.3 Å². The van der Waals surface area contributed by atoms with Crippen LogP contribution < -0.4 is 10.1 Å². The number of rotatable bonds is 15. The fourth-order valence-electron chi connectivity index (χ4n) is 4.48. The molecule has 3 rings (SSSR count). The van der Waals surface area contributed by atoms with Gasteiger partial charge in [-0.15, -0.1) is 0 Å². The second-order valence-electron chi connectivity index (χ2n) is 9.31. The molecule has 0 aromatic heterocycles. The molecule has 3 unspecified atom stereocenters. The van der Waals surface area contributed by atoms with Crippen LogP contribution in [-0.2, 0) is 23.8 Å². The van der Waals surface area contributed by atoms with Crippen molar-refractivity contribution in [2.45, 2.75) is 25.9 Å². The highest BCUT2D eigenvalue weighted by molar-refractivity contribution is 6.07. The SMILES string of the molecule is COC(=O)C1C(C)=NC(C)=C(C(=O)OCCOCCNCC(O)COc2ccccc2)C1c1cccc([N+](=O)[O-])c1. The molecular formula is C29H35N3O9. The predicted molar refractivity (Wildman–Crippen MR) is 150 cm³/mol. The van der Waals surface area contributed by atoms with Gasteiger partial charge >= 0.3 is 11.9 Å².